The standard InChI is InChI=1S/C21H24N4O3S/c1-13(2)11-18(26)22-17-9-7-15(8-10-17)20(28)24-25-21(29)23-19(27)16-6-4-5-14(3)12-16/h4-10,12-13H,11H2,1-3H3,(H,22,26)(H,24,28)(H2,23,25,27,29). The Hall–Kier alpha value is -3.26. The molecule has 3 amide bonds. The van der Waals surface area contributed by atoms with Crippen LogP contribution in [0.3, 0.4) is 0 Å². The lowest BCUT2D eigenvalue weighted by atomic mass is 10.1. The number of rotatable bonds is 5. The summed E-state index contributed by atoms with van der Waals surface area (Å²) in [5.41, 5.74) is 7.32. The van der Waals surface area contributed by atoms with Crippen molar-refractivity contribution < 1.29 is 14.4 Å². The highest BCUT2D eigenvalue weighted by atomic mass is 32.1. The summed E-state index contributed by atoms with van der Waals surface area (Å²) >= 11 is 5.03. The molecule has 152 valence electrons. The number of thiocarbonyl (C=S) groups is 1. The van der Waals surface area contributed by atoms with Crippen LogP contribution in [0.1, 0.15) is 46.5 Å². The molecule has 4 N–H and O–H groups in total. The number of anilines is 1. The van der Waals surface area contributed by atoms with Gasteiger partial charge in [-0.15, -0.1) is 0 Å². The zero-order chi connectivity index (χ0) is 21.4. The first-order valence-corrected chi connectivity index (χ1v) is 9.53. The largest absolute Gasteiger partial charge is 0.326 e. The van der Waals surface area contributed by atoms with Crippen molar-refractivity contribution in [3.63, 3.8) is 0 Å². The van der Waals surface area contributed by atoms with E-state index in [0.29, 0.717) is 23.2 Å². The maximum Gasteiger partial charge on any atom is 0.269 e. The number of nitrogens with one attached hydrogen (secondary N) is 4. The van der Waals surface area contributed by atoms with Crippen molar-refractivity contribution in [2.24, 2.45) is 5.92 Å². The van der Waals surface area contributed by atoms with Crippen LogP contribution >= 0.6 is 12.2 Å². The minimum atomic E-state index is -0.433. The van der Waals surface area contributed by atoms with E-state index in [2.05, 4.69) is 21.5 Å². The van der Waals surface area contributed by atoms with Gasteiger partial charge >= 0.3 is 0 Å². The van der Waals surface area contributed by atoms with Crippen LogP contribution < -0.4 is 21.5 Å². The Labute approximate surface area is 175 Å². The average molecular weight is 413 g/mol. The summed E-state index contributed by atoms with van der Waals surface area (Å²) in [6.45, 7) is 5.82. The zero-order valence-corrected chi connectivity index (χ0v) is 17.4. The molecule has 0 heterocycles. The van der Waals surface area contributed by atoms with Crippen LogP contribution in [0, 0.1) is 12.8 Å². The number of hydrogen-bond acceptors (Lipinski definition) is 4. The number of carbonyl (C=O) groups excluding carboxylic acids is 3. The molecule has 0 unspecified atom stereocenters. The topological polar surface area (TPSA) is 99.3 Å². The molecule has 0 atom stereocenters. The maximum atomic E-state index is 12.2. The highest BCUT2D eigenvalue weighted by molar-refractivity contribution is 7.80. The lowest BCUT2D eigenvalue weighted by Crippen LogP contribution is -2.48. The lowest BCUT2D eigenvalue weighted by Gasteiger charge is -2.11. The summed E-state index contributed by atoms with van der Waals surface area (Å²) in [6.07, 6.45) is 0.428. The number of benzene rings is 2. The van der Waals surface area contributed by atoms with Crippen LogP contribution in [0.4, 0.5) is 5.69 Å². The van der Waals surface area contributed by atoms with Gasteiger partial charge < -0.3 is 5.32 Å². The van der Waals surface area contributed by atoms with Gasteiger partial charge in [0.25, 0.3) is 11.8 Å². The summed E-state index contributed by atoms with van der Waals surface area (Å²) in [4.78, 5) is 36.1. The normalized spacial score (nSPS) is 10.2. The molecule has 2 aromatic rings. The first kappa shape index (κ1) is 22.0. The van der Waals surface area contributed by atoms with E-state index >= 15 is 0 Å². The minimum absolute atomic E-state index is 0.0255. The molecule has 0 radical (unpaired) electrons. The lowest BCUT2D eigenvalue weighted by molar-refractivity contribution is -0.116. The molecule has 29 heavy (non-hydrogen) atoms. The van der Waals surface area contributed by atoms with Crippen molar-refractivity contribution in [1.29, 1.82) is 0 Å². The van der Waals surface area contributed by atoms with Crippen molar-refractivity contribution in [2.75, 3.05) is 5.32 Å². The van der Waals surface area contributed by atoms with Gasteiger partial charge in [-0.25, -0.2) is 0 Å². The van der Waals surface area contributed by atoms with Crippen molar-refractivity contribution >= 4 is 40.7 Å². The molecule has 0 spiro atoms. The summed E-state index contributed by atoms with van der Waals surface area (Å²) < 4.78 is 0. The van der Waals surface area contributed by atoms with E-state index in [1.54, 1.807) is 42.5 Å². The minimum Gasteiger partial charge on any atom is -0.326 e. The third-order valence-electron chi connectivity index (χ3n) is 3.82. The fourth-order valence-electron chi connectivity index (χ4n) is 2.47. The van der Waals surface area contributed by atoms with Gasteiger partial charge in [-0.05, 0) is 61.5 Å². The van der Waals surface area contributed by atoms with Crippen molar-refractivity contribution in [1.82, 2.24) is 16.2 Å². The SMILES string of the molecule is Cc1cccc(C(=O)NC(=S)NNC(=O)c2ccc(NC(=O)CC(C)C)cc2)c1. The summed E-state index contributed by atoms with van der Waals surface area (Å²) in [5, 5.41) is 5.25. The molecule has 2 rings (SSSR count). The Bertz CT molecular complexity index is 910. The van der Waals surface area contributed by atoms with Gasteiger partial charge in [-0.1, -0.05) is 31.5 Å². The van der Waals surface area contributed by atoms with E-state index < -0.39 is 5.91 Å². The first-order valence-electron chi connectivity index (χ1n) is 9.13. The van der Waals surface area contributed by atoms with Gasteiger partial charge in [0.1, 0.15) is 0 Å². The van der Waals surface area contributed by atoms with Crippen molar-refractivity contribution in [3.8, 4) is 0 Å². The van der Waals surface area contributed by atoms with Gasteiger partial charge in [-0.2, -0.15) is 0 Å². The quantitative estimate of drug-likeness (QED) is 0.447. The number of carbonyl (C=O) groups is 3. The molecule has 0 saturated heterocycles. The van der Waals surface area contributed by atoms with Crippen LogP contribution in [-0.4, -0.2) is 22.8 Å². The van der Waals surface area contributed by atoms with Crippen LogP contribution in [0.5, 0.6) is 0 Å². The summed E-state index contributed by atoms with van der Waals surface area (Å²) in [7, 11) is 0. The highest BCUT2D eigenvalue weighted by Gasteiger charge is 2.10. The van der Waals surface area contributed by atoms with Gasteiger partial charge in [-0.3, -0.25) is 30.6 Å². The monoisotopic (exact) mass is 412 g/mol. The van der Waals surface area contributed by atoms with E-state index in [1.807, 2.05) is 26.8 Å². The van der Waals surface area contributed by atoms with Crippen LogP contribution in [-0.2, 0) is 4.79 Å². The second-order valence-electron chi connectivity index (χ2n) is 6.96. The zero-order valence-electron chi connectivity index (χ0n) is 16.5. The third kappa shape index (κ3) is 7.34. The van der Waals surface area contributed by atoms with E-state index in [9.17, 15) is 14.4 Å². The van der Waals surface area contributed by atoms with E-state index in [0.717, 1.165) is 5.56 Å². The van der Waals surface area contributed by atoms with E-state index in [-0.39, 0.29) is 22.8 Å². The Morgan fingerprint density at radius 3 is 2.24 bits per heavy atom. The number of hydrazine groups is 1. The summed E-state index contributed by atoms with van der Waals surface area (Å²) in [6, 6.07) is 13.5. The number of hydrogen-bond donors (Lipinski definition) is 4. The second kappa shape index (κ2) is 10.3. The maximum absolute atomic E-state index is 12.2. The van der Waals surface area contributed by atoms with Crippen LogP contribution in [0.25, 0.3) is 0 Å². The molecule has 2 aromatic carbocycles. The van der Waals surface area contributed by atoms with Crippen molar-refractivity contribution in [2.45, 2.75) is 27.2 Å². The fraction of sp³-hybridized carbons (Fsp3) is 0.238. The smallest absolute Gasteiger partial charge is 0.269 e. The molecular formula is C21H24N4O3S. The Balaban J connectivity index is 1.83. The molecular weight excluding hydrogens is 388 g/mol. The first-order chi connectivity index (χ1) is 13.7. The molecule has 0 aliphatic rings. The fourth-order valence-corrected chi connectivity index (χ4v) is 2.61. The predicted octanol–water partition coefficient (Wildman–Crippen LogP) is 2.93. The van der Waals surface area contributed by atoms with Gasteiger partial charge in [0.15, 0.2) is 5.11 Å². The summed E-state index contributed by atoms with van der Waals surface area (Å²) in [5.74, 6) is -0.617. The Kier molecular flexibility index (Phi) is 7.85. The molecule has 0 aliphatic carbocycles. The van der Waals surface area contributed by atoms with Crippen LogP contribution in [0.15, 0.2) is 48.5 Å². The Morgan fingerprint density at radius 2 is 1.62 bits per heavy atom. The number of amides is 3. The molecule has 0 aliphatic heterocycles. The van der Waals surface area contributed by atoms with Gasteiger partial charge in [0.2, 0.25) is 5.91 Å². The average Bonchev–Trinajstić information content (AvgIpc) is 2.66. The van der Waals surface area contributed by atoms with E-state index in [4.69, 9.17) is 12.2 Å². The van der Waals surface area contributed by atoms with Gasteiger partial charge in [0.05, 0.1) is 0 Å². The molecule has 7 nitrogen and oxygen atoms in total. The molecule has 0 aromatic heterocycles. The molecule has 0 saturated carbocycles. The van der Waals surface area contributed by atoms with Gasteiger partial charge in [0, 0.05) is 23.2 Å². The Morgan fingerprint density at radius 1 is 0.931 bits per heavy atom. The predicted molar refractivity (Wildman–Crippen MR) is 116 cm³/mol. The molecule has 8 heteroatoms. The third-order valence-corrected chi connectivity index (χ3v) is 4.03. The second-order valence-corrected chi connectivity index (χ2v) is 7.36. The molecule has 0 bridgehead atoms. The number of aryl methyl sites for hydroxylation is 1. The highest BCUT2D eigenvalue weighted by Crippen LogP contribution is 2.11. The molecule has 0 fully saturated rings. The van der Waals surface area contributed by atoms with Crippen molar-refractivity contribution in [3.05, 3.63) is 65.2 Å². The van der Waals surface area contributed by atoms with E-state index in [1.165, 1.54) is 0 Å². The van der Waals surface area contributed by atoms with Crippen LogP contribution in [0.2, 0.25) is 0 Å².